The Hall–Kier alpha value is -4.94. The van der Waals surface area contributed by atoms with Gasteiger partial charge in [-0.25, -0.2) is 23.4 Å². The number of β-amino-alcohol motifs (C(OH)–C–C–N with tert-alkyl or cyclic N) is 1. The number of rotatable bonds is 4. The van der Waals surface area contributed by atoms with Crippen molar-refractivity contribution in [2.45, 2.75) is 56.4 Å². The monoisotopic (exact) mass is 683 g/mol. The second-order valence-corrected chi connectivity index (χ2v) is 12.2. The van der Waals surface area contributed by atoms with Crippen molar-refractivity contribution in [2.24, 2.45) is 0 Å². The van der Waals surface area contributed by atoms with Crippen LogP contribution in [-0.4, -0.2) is 81.9 Å². The molecule has 3 aliphatic heterocycles. The van der Waals surface area contributed by atoms with E-state index in [0.29, 0.717) is 54.1 Å². The number of anilines is 2. The molecule has 0 spiro atoms. The maximum absolute atomic E-state index is 14.8. The lowest BCUT2D eigenvalue weighted by Crippen LogP contribution is -2.57. The van der Waals surface area contributed by atoms with Crippen LogP contribution in [0.15, 0.2) is 30.3 Å². The van der Waals surface area contributed by atoms with E-state index in [0.717, 1.165) is 12.1 Å². The van der Waals surface area contributed by atoms with Crippen LogP contribution in [0, 0.1) is 23.0 Å². The smallest absolute Gasteiger partial charge is 0.411 e. The number of likely N-dealkylation sites (tertiary alicyclic amines) is 1. The molecule has 2 saturated heterocycles. The van der Waals surface area contributed by atoms with E-state index >= 15 is 0 Å². The summed E-state index contributed by atoms with van der Waals surface area (Å²) in [4.78, 5) is 49.7. The minimum Gasteiger partial charge on any atom is -0.453 e. The molecule has 0 radical (unpaired) electrons. The lowest BCUT2D eigenvalue weighted by atomic mass is 9.98. The molecule has 3 aromatic rings. The molecule has 3 aliphatic rings. The Balaban J connectivity index is 1.35. The molecular weight excluding hydrogens is 652 g/mol. The van der Waals surface area contributed by atoms with E-state index in [9.17, 15) is 33.5 Å². The van der Waals surface area contributed by atoms with Crippen molar-refractivity contribution in [3.05, 3.63) is 64.1 Å². The molecule has 2 bridgehead atoms. The number of nitrogens with zero attached hydrogens (tertiary/aromatic N) is 4. The van der Waals surface area contributed by atoms with Gasteiger partial charge in [0.25, 0.3) is 0 Å². The average molecular weight is 684 g/mol. The van der Waals surface area contributed by atoms with Crippen LogP contribution in [-0.2, 0) is 14.3 Å². The van der Waals surface area contributed by atoms with Crippen LogP contribution in [0.2, 0.25) is 5.02 Å². The number of methoxy groups -OCH3 is 1. The van der Waals surface area contributed by atoms with Crippen molar-refractivity contribution in [1.82, 2.24) is 19.8 Å². The lowest BCUT2D eigenvalue weighted by Gasteiger charge is -2.39. The molecule has 16 heteroatoms. The van der Waals surface area contributed by atoms with E-state index in [-0.39, 0.29) is 42.7 Å². The summed E-state index contributed by atoms with van der Waals surface area (Å²) >= 11 is 5.88. The van der Waals surface area contributed by atoms with E-state index in [1.54, 1.807) is 23.1 Å². The van der Waals surface area contributed by atoms with Crippen molar-refractivity contribution in [1.29, 1.82) is 5.26 Å². The molecule has 13 nitrogen and oxygen atoms in total. The molecule has 4 N–H and O–H groups in total. The van der Waals surface area contributed by atoms with Crippen LogP contribution in [0.5, 0.6) is 0 Å². The van der Waals surface area contributed by atoms with Gasteiger partial charge in [-0.3, -0.25) is 15.0 Å². The number of nitrogens with one attached hydrogen (secondary N) is 3. The molecule has 2 fully saturated rings. The normalized spacial score (nSPS) is 21.3. The van der Waals surface area contributed by atoms with Crippen molar-refractivity contribution in [2.75, 3.05) is 37.4 Å². The molecular formula is C32H32ClF2N7O6. The number of halogens is 3. The molecule has 48 heavy (non-hydrogen) atoms. The van der Waals surface area contributed by atoms with E-state index in [4.69, 9.17) is 21.1 Å². The predicted molar refractivity (Wildman–Crippen MR) is 168 cm³/mol. The number of aromatic nitrogens is 2. The second kappa shape index (κ2) is 13.7. The number of benzene rings is 2. The number of carbonyl (C=O) groups is 3. The Bertz CT molecular complexity index is 1790. The molecule has 3 atom stereocenters. The minimum absolute atomic E-state index is 0.0195. The first-order chi connectivity index (χ1) is 23.1. The fraction of sp³-hybridized carbons (Fsp3) is 0.406. The summed E-state index contributed by atoms with van der Waals surface area (Å²) in [5, 5.41) is 25.6. The van der Waals surface area contributed by atoms with E-state index in [2.05, 4.69) is 26.7 Å². The summed E-state index contributed by atoms with van der Waals surface area (Å²) in [7, 11) is 1.23. The van der Waals surface area contributed by atoms with Gasteiger partial charge in [0.05, 0.1) is 35.5 Å². The topological polar surface area (TPSA) is 173 Å². The van der Waals surface area contributed by atoms with Crippen molar-refractivity contribution >= 4 is 41.1 Å². The van der Waals surface area contributed by atoms with Crippen LogP contribution in [0.4, 0.5) is 29.7 Å². The molecule has 0 saturated carbocycles. The number of aliphatic hydroxyl groups excluding tert-OH is 1. The number of hydrogen-bond donors (Lipinski definition) is 4. The Kier molecular flexibility index (Phi) is 9.38. The zero-order valence-corrected chi connectivity index (χ0v) is 26.5. The maximum atomic E-state index is 14.8. The fourth-order valence-corrected chi connectivity index (χ4v) is 6.47. The Morgan fingerprint density at radius 2 is 1.96 bits per heavy atom. The van der Waals surface area contributed by atoms with Crippen LogP contribution < -0.4 is 10.6 Å². The number of hydrogen-bond acceptors (Lipinski definition) is 9. The van der Waals surface area contributed by atoms with Gasteiger partial charge in [-0.1, -0.05) is 24.4 Å². The summed E-state index contributed by atoms with van der Waals surface area (Å²) in [6, 6.07) is 7.63. The molecule has 3 unspecified atom stereocenters. The highest BCUT2D eigenvalue weighted by molar-refractivity contribution is 6.30. The number of nitriles is 1. The minimum atomic E-state index is -1.20. The zero-order chi connectivity index (χ0) is 34.1. The standard InChI is InChI=1S/C32H32ClF2N7O6/c1-47-31(45)37-16-6-7-18-22(12-16)38-21(30(44)41-14-17(43)15-41)4-2-3-5-24(29-39-23(13-36)28(18)40-29)42-11-10-25(48-32(42)46)26-20(34)9-8-19(33)27(26)35/h6-9,12,17,21,24-25,38,43H,2-5,10-11,14-15H2,1H3,(H,37,45)(H,39,40). The number of ether oxygens (including phenoxy) is 2. The van der Waals surface area contributed by atoms with Crippen molar-refractivity contribution in [3.63, 3.8) is 0 Å². The maximum Gasteiger partial charge on any atom is 0.411 e. The average Bonchev–Trinajstić information content (AvgIpc) is 3.48. The summed E-state index contributed by atoms with van der Waals surface area (Å²) in [6.45, 7) is 0.482. The van der Waals surface area contributed by atoms with Gasteiger partial charge in [-0.05, 0) is 43.2 Å². The Labute approximate surface area is 278 Å². The van der Waals surface area contributed by atoms with E-state index in [1.807, 2.05) is 0 Å². The number of amides is 3. The van der Waals surface area contributed by atoms with Gasteiger partial charge in [0.15, 0.2) is 11.5 Å². The van der Waals surface area contributed by atoms with Gasteiger partial charge < -0.3 is 29.8 Å². The first kappa shape index (κ1) is 33.0. The van der Waals surface area contributed by atoms with Gasteiger partial charge in [0.1, 0.15) is 29.9 Å². The number of carbonyl (C=O) groups excluding carboxylic acids is 3. The highest BCUT2D eigenvalue weighted by Gasteiger charge is 2.39. The number of aliphatic hydroxyl groups is 1. The molecule has 2 aromatic carbocycles. The number of fused-ring (bicyclic) bond motifs is 4. The predicted octanol–water partition coefficient (Wildman–Crippen LogP) is 5.24. The van der Waals surface area contributed by atoms with Crippen molar-refractivity contribution < 1.29 is 37.7 Å². The number of aromatic amines is 1. The summed E-state index contributed by atoms with van der Waals surface area (Å²) in [5.41, 5.74) is 1.15. The van der Waals surface area contributed by atoms with E-state index in [1.165, 1.54) is 12.0 Å². The third-order valence-corrected chi connectivity index (χ3v) is 9.07. The third kappa shape index (κ3) is 6.45. The van der Waals surface area contributed by atoms with Crippen molar-refractivity contribution in [3.8, 4) is 17.3 Å². The number of H-pyrrole nitrogens is 1. The van der Waals surface area contributed by atoms with Crippen LogP contribution in [0.3, 0.4) is 0 Å². The Morgan fingerprint density at radius 1 is 1.19 bits per heavy atom. The lowest BCUT2D eigenvalue weighted by molar-refractivity contribution is -0.142. The van der Waals surface area contributed by atoms with Crippen LogP contribution >= 0.6 is 11.6 Å². The SMILES string of the molecule is COC(=O)Nc1ccc2c(c1)NC(C(=O)N1CC(O)C1)CCCCC(N1CCC(c3c(F)ccc(Cl)c3F)OC1=O)c1nc(C#N)c-2[nH]1. The number of cyclic esters (lactones) is 1. The number of imidazole rings is 1. The van der Waals surface area contributed by atoms with Crippen LogP contribution in [0.1, 0.15) is 61.3 Å². The van der Waals surface area contributed by atoms with Gasteiger partial charge in [-0.2, -0.15) is 5.26 Å². The molecule has 6 rings (SSSR count). The largest absolute Gasteiger partial charge is 0.453 e. The molecule has 1 aromatic heterocycles. The highest BCUT2D eigenvalue weighted by Crippen LogP contribution is 2.39. The zero-order valence-electron chi connectivity index (χ0n) is 25.8. The molecule has 0 aliphatic carbocycles. The van der Waals surface area contributed by atoms with E-state index < -0.39 is 53.7 Å². The van der Waals surface area contributed by atoms with Crippen LogP contribution in [0.25, 0.3) is 11.3 Å². The molecule has 4 heterocycles. The van der Waals surface area contributed by atoms with Gasteiger partial charge in [-0.15, -0.1) is 0 Å². The summed E-state index contributed by atoms with van der Waals surface area (Å²) in [6.07, 6.45) is -1.43. The van der Waals surface area contributed by atoms with Gasteiger partial charge in [0, 0.05) is 43.0 Å². The summed E-state index contributed by atoms with van der Waals surface area (Å²) < 4.78 is 39.7. The second-order valence-electron chi connectivity index (χ2n) is 11.8. The summed E-state index contributed by atoms with van der Waals surface area (Å²) in [5.74, 6) is -1.78. The van der Waals surface area contributed by atoms with Gasteiger partial charge >= 0.3 is 12.2 Å². The first-order valence-electron chi connectivity index (χ1n) is 15.4. The molecule has 252 valence electrons. The Morgan fingerprint density at radius 3 is 2.67 bits per heavy atom. The third-order valence-electron chi connectivity index (χ3n) is 8.77. The van der Waals surface area contributed by atoms with Gasteiger partial charge in [0.2, 0.25) is 5.91 Å². The molecule has 3 amide bonds. The highest BCUT2D eigenvalue weighted by atomic mass is 35.5. The fourth-order valence-electron chi connectivity index (χ4n) is 6.30. The first-order valence-corrected chi connectivity index (χ1v) is 15.8. The quantitative estimate of drug-likeness (QED) is 0.268.